The summed E-state index contributed by atoms with van der Waals surface area (Å²) in [6.07, 6.45) is 4.44. The summed E-state index contributed by atoms with van der Waals surface area (Å²) in [5, 5.41) is 13.5. The molecular formula is C17H24N2O2. The highest BCUT2D eigenvalue weighted by Crippen LogP contribution is 2.28. The summed E-state index contributed by atoms with van der Waals surface area (Å²) in [5.41, 5.74) is 2.35. The molecule has 1 heterocycles. The summed E-state index contributed by atoms with van der Waals surface area (Å²) in [6.45, 7) is 0.828. The van der Waals surface area contributed by atoms with E-state index in [1.165, 1.54) is 5.56 Å². The van der Waals surface area contributed by atoms with E-state index in [4.69, 9.17) is 0 Å². The number of likely N-dealkylation sites (N-methyl/N-ethyl adjacent to an activating group) is 1. The van der Waals surface area contributed by atoms with Gasteiger partial charge in [0.05, 0.1) is 12.1 Å². The van der Waals surface area contributed by atoms with Gasteiger partial charge in [-0.1, -0.05) is 37.1 Å². The summed E-state index contributed by atoms with van der Waals surface area (Å²) in [4.78, 5) is 14.6. The first-order valence-corrected chi connectivity index (χ1v) is 7.94. The van der Waals surface area contributed by atoms with Gasteiger partial charge in [-0.2, -0.15) is 0 Å². The van der Waals surface area contributed by atoms with Crippen LogP contribution in [-0.2, 0) is 11.2 Å². The first-order chi connectivity index (χ1) is 10.2. The topological polar surface area (TPSA) is 52.6 Å². The van der Waals surface area contributed by atoms with Crippen LogP contribution in [0.2, 0.25) is 0 Å². The second kappa shape index (κ2) is 6.16. The maximum atomic E-state index is 12.9. The third-order valence-electron chi connectivity index (χ3n) is 4.89. The Morgan fingerprint density at radius 2 is 2.05 bits per heavy atom. The molecular weight excluding hydrogens is 264 g/mol. The number of nitrogens with zero attached hydrogens (tertiary/aromatic N) is 1. The van der Waals surface area contributed by atoms with Crippen LogP contribution in [0.5, 0.6) is 0 Å². The summed E-state index contributed by atoms with van der Waals surface area (Å²) >= 11 is 0. The van der Waals surface area contributed by atoms with Gasteiger partial charge in [0.15, 0.2) is 0 Å². The summed E-state index contributed by atoms with van der Waals surface area (Å²) in [5.74, 6) is 0.0769. The van der Waals surface area contributed by atoms with E-state index in [-0.39, 0.29) is 24.1 Å². The number of carbonyl (C=O) groups is 1. The van der Waals surface area contributed by atoms with Crippen molar-refractivity contribution in [3.8, 4) is 0 Å². The Kier molecular flexibility index (Phi) is 4.27. The van der Waals surface area contributed by atoms with Gasteiger partial charge in [-0.25, -0.2) is 0 Å². The van der Waals surface area contributed by atoms with Gasteiger partial charge in [-0.15, -0.1) is 0 Å². The van der Waals surface area contributed by atoms with Gasteiger partial charge in [0.1, 0.15) is 6.04 Å². The fourth-order valence-corrected chi connectivity index (χ4v) is 3.64. The first-order valence-electron chi connectivity index (χ1n) is 7.94. The molecule has 0 saturated heterocycles. The number of benzene rings is 1. The molecule has 0 radical (unpaired) electrons. The molecule has 1 saturated carbocycles. The highest BCUT2D eigenvalue weighted by Gasteiger charge is 2.34. The minimum atomic E-state index is -0.383. The zero-order chi connectivity index (χ0) is 14.8. The molecule has 1 aromatic rings. The van der Waals surface area contributed by atoms with Crippen LogP contribution in [0.25, 0.3) is 0 Å². The van der Waals surface area contributed by atoms with Crippen LogP contribution in [-0.4, -0.2) is 41.7 Å². The van der Waals surface area contributed by atoms with E-state index < -0.39 is 0 Å². The van der Waals surface area contributed by atoms with E-state index in [0.29, 0.717) is 0 Å². The number of aliphatic hydroxyl groups excluding tert-OH is 1. The first kappa shape index (κ1) is 14.5. The Bertz CT molecular complexity index is 517. The minimum absolute atomic E-state index is 0.0397. The number of nitrogens with one attached hydrogen (secondary N) is 1. The standard InChI is InChI=1S/C17H24N2O2/c1-19(14-8-4-5-9-15(14)20)17(21)16-13-7-3-2-6-12(13)10-11-18-16/h2-3,6-7,14-16,18,20H,4-5,8-11H2,1H3. The maximum absolute atomic E-state index is 12.9. The van der Waals surface area contributed by atoms with Crippen molar-refractivity contribution in [2.24, 2.45) is 0 Å². The lowest BCUT2D eigenvalue weighted by Gasteiger charge is -2.38. The Labute approximate surface area is 126 Å². The molecule has 1 aliphatic heterocycles. The van der Waals surface area contributed by atoms with Gasteiger partial charge in [-0.05, 0) is 30.4 Å². The predicted octanol–water partition coefficient (Wildman–Crippen LogP) is 1.64. The zero-order valence-corrected chi connectivity index (χ0v) is 12.6. The number of fused-ring (bicyclic) bond motifs is 1. The third-order valence-corrected chi connectivity index (χ3v) is 4.89. The number of amides is 1. The lowest BCUT2D eigenvalue weighted by Crippen LogP contribution is -2.50. The SMILES string of the molecule is CN(C(=O)C1NCCc2ccccc21)C1CCCCC1O. The van der Waals surface area contributed by atoms with Gasteiger partial charge in [0.2, 0.25) is 5.91 Å². The molecule has 21 heavy (non-hydrogen) atoms. The van der Waals surface area contributed by atoms with Crippen molar-refractivity contribution >= 4 is 5.91 Å². The Morgan fingerprint density at radius 3 is 2.86 bits per heavy atom. The molecule has 3 rings (SSSR count). The van der Waals surface area contributed by atoms with Gasteiger partial charge in [0, 0.05) is 13.6 Å². The molecule has 4 heteroatoms. The number of aliphatic hydroxyl groups is 1. The molecule has 0 spiro atoms. The maximum Gasteiger partial charge on any atom is 0.244 e. The summed E-state index contributed by atoms with van der Waals surface area (Å²) < 4.78 is 0. The summed E-state index contributed by atoms with van der Waals surface area (Å²) in [6, 6.07) is 7.85. The number of hydrogen-bond donors (Lipinski definition) is 2. The molecule has 2 N–H and O–H groups in total. The number of hydrogen-bond acceptors (Lipinski definition) is 3. The highest BCUT2D eigenvalue weighted by molar-refractivity contribution is 5.84. The largest absolute Gasteiger partial charge is 0.391 e. The molecule has 3 atom stereocenters. The molecule has 1 aromatic carbocycles. The van der Waals surface area contributed by atoms with Gasteiger partial charge in [-0.3, -0.25) is 4.79 Å². The second-order valence-corrected chi connectivity index (χ2v) is 6.20. The van der Waals surface area contributed by atoms with Gasteiger partial charge >= 0.3 is 0 Å². The molecule has 3 unspecified atom stereocenters. The predicted molar refractivity (Wildman–Crippen MR) is 81.9 cm³/mol. The monoisotopic (exact) mass is 288 g/mol. The molecule has 1 fully saturated rings. The molecule has 4 nitrogen and oxygen atoms in total. The van der Waals surface area contributed by atoms with Crippen molar-refractivity contribution in [1.29, 1.82) is 0 Å². The lowest BCUT2D eigenvalue weighted by molar-refractivity contribution is -0.138. The molecule has 114 valence electrons. The van der Waals surface area contributed by atoms with Crippen LogP contribution in [0.15, 0.2) is 24.3 Å². The molecule has 1 amide bonds. The quantitative estimate of drug-likeness (QED) is 0.870. The fraction of sp³-hybridized carbons (Fsp3) is 0.588. The van der Waals surface area contributed by atoms with Crippen molar-refractivity contribution in [3.63, 3.8) is 0 Å². The third kappa shape index (κ3) is 2.83. The smallest absolute Gasteiger partial charge is 0.244 e. The Balaban J connectivity index is 1.79. The van der Waals surface area contributed by atoms with Crippen molar-refractivity contribution in [2.45, 2.75) is 50.3 Å². The average molecular weight is 288 g/mol. The normalized spacial score (nSPS) is 28.8. The van der Waals surface area contributed by atoms with Crippen molar-refractivity contribution in [3.05, 3.63) is 35.4 Å². The second-order valence-electron chi connectivity index (χ2n) is 6.20. The van der Waals surface area contributed by atoms with Gasteiger partial charge < -0.3 is 15.3 Å². The van der Waals surface area contributed by atoms with Crippen molar-refractivity contribution in [1.82, 2.24) is 10.2 Å². The lowest BCUT2D eigenvalue weighted by atomic mass is 9.89. The van der Waals surface area contributed by atoms with E-state index >= 15 is 0 Å². The average Bonchev–Trinajstić information content (AvgIpc) is 2.53. The Morgan fingerprint density at radius 1 is 1.29 bits per heavy atom. The van der Waals surface area contributed by atoms with E-state index in [2.05, 4.69) is 11.4 Å². The van der Waals surface area contributed by atoms with Crippen LogP contribution in [0.1, 0.15) is 42.9 Å². The van der Waals surface area contributed by atoms with Crippen LogP contribution in [0, 0.1) is 0 Å². The van der Waals surface area contributed by atoms with Crippen LogP contribution < -0.4 is 5.32 Å². The van der Waals surface area contributed by atoms with Crippen LogP contribution in [0.4, 0.5) is 0 Å². The number of carbonyl (C=O) groups excluding carboxylic acids is 1. The van der Waals surface area contributed by atoms with Crippen LogP contribution >= 0.6 is 0 Å². The van der Waals surface area contributed by atoms with E-state index in [1.54, 1.807) is 4.90 Å². The van der Waals surface area contributed by atoms with E-state index in [1.807, 2.05) is 25.2 Å². The Hall–Kier alpha value is -1.39. The van der Waals surface area contributed by atoms with Crippen LogP contribution in [0.3, 0.4) is 0 Å². The number of rotatable bonds is 2. The highest BCUT2D eigenvalue weighted by atomic mass is 16.3. The zero-order valence-electron chi connectivity index (χ0n) is 12.6. The van der Waals surface area contributed by atoms with Gasteiger partial charge in [0.25, 0.3) is 0 Å². The molecule has 0 aromatic heterocycles. The van der Waals surface area contributed by atoms with E-state index in [9.17, 15) is 9.90 Å². The minimum Gasteiger partial charge on any atom is -0.391 e. The van der Waals surface area contributed by atoms with Crippen molar-refractivity contribution in [2.75, 3.05) is 13.6 Å². The molecule has 2 aliphatic rings. The molecule has 0 bridgehead atoms. The fourth-order valence-electron chi connectivity index (χ4n) is 3.64. The van der Waals surface area contributed by atoms with E-state index in [0.717, 1.165) is 44.2 Å². The summed E-state index contributed by atoms with van der Waals surface area (Å²) in [7, 11) is 1.83. The van der Waals surface area contributed by atoms with Crippen molar-refractivity contribution < 1.29 is 9.90 Å². The molecule has 1 aliphatic carbocycles.